The predicted molar refractivity (Wildman–Crippen MR) is 104 cm³/mol. The minimum Gasteiger partial charge on any atom is -0.375 e. The number of piperidine rings is 1. The second-order valence-corrected chi connectivity index (χ2v) is 7.58. The Kier molecular flexibility index (Phi) is 5.57. The van der Waals surface area contributed by atoms with Gasteiger partial charge in [0.2, 0.25) is 11.9 Å². The van der Waals surface area contributed by atoms with Crippen LogP contribution >= 0.6 is 0 Å². The molecular weight excluding hydrogens is 358 g/mol. The molecule has 150 valence electrons. The Morgan fingerprint density at radius 2 is 2.00 bits per heavy atom. The number of aryl methyl sites for hydroxylation is 1. The van der Waals surface area contributed by atoms with Crippen LogP contribution < -0.4 is 4.90 Å². The number of carbonyl (C=O) groups is 1. The molecule has 0 spiro atoms. The Morgan fingerprint density at radius 3 is 2.64 bits per heavy atom. The molecule has 0 radical (unpaired) electrons. The zero-order valence-electron chi connectivity index (χ0n) is 16.6. The van der Waals surface area contributed by atoms with Crippen LogP contribution in [0.25, 0.3) is 11.3 Å². The van der Waals surface area contributed by atoms with E-state index in [-0.39, 0.29) is 18.4 Å². The number of carbonyl (C=O) groups excluding carboxylic acids is 1. The van der Waals surface area contributed by atoms with Crippen molar-refractivity contribution >= 4 is 11.9 Å². The lowest BCUT2D eigenvalue weighted by Gasteiger charge is -2.32. The van der Waals surface area contributed by atoms with Crippen LogP contribution in [0.4, 0.5) is 5.95 Å². The monoisotopic (exact) mass is 385 g/mol. The molecule has 1 amide bonds. The Bertz CT molecular complexity index is 823. The van der Waals surface area contributed by atoms with Crippen molar-refractivity contribution in [1.29, 1.82) is 0 Å². The average Bonchev–Trinajstić information content (AvgIpc) is 3.40. The van der Waals surface area contributed by atoms with Crippen molar-refractivity contribution in [3.63, 3.8) is 0 Å². The van der Waals surface area contributed by atoms with Crippen LogP contribution in [0.1, 0.15) is 43.0 Å². The molecule has 0 N–H and O–H groups in total. The molecule has 4 rings (SSSR count). The Balaban J connectivity index is 1.60. The largest absolute Gasteiger partial charge is 0.375 e. The van der Waals surface area contributed by atoms with Crippen molar-refractivity contribution < 1.29 is 14.1 Å². The number of aromatic nitrogens is 3. The van der Waals surface area contributed by atoms with Crippen molar-refractivity contribution in [1.82, 2.24) is 20.0 Å². The van der Waals surface area contributed by atoms with Gasteiger partial charge in [-0.25, -0.2) is 9.97 Å². The quantitative estimate of drug-likeness (QED) is 0.781. The first-order chi connectivity index (χ1) is 13.7. The molecule has 2 aromatic heterocycles. The summed E-state index contributed by atoms with van der Waals surface area (Å²) in [6.45, 7) is 5.48. The number of hydrogen-bond acceptors (Lipinski definition) is 7. The lowest BCUT2D eigenvalue weighted by atomic mass is 9.90. The Morgan fingerprint density at radius 1 is 1.25 bits per heavy atom. The molecule has 2 saturated heterocycles. The van der Waals surface area contributed by atoms with E-state index in [0.717, 1.165) is 48.8 Å². The molecule has 0 aliphatic carbocycles. The fraction of sp³-hybridized carbons (Fsp3) is 0.600. The van der Waals surface area contributed by atoms with Crippen LogP contribution in [0, 0.1) is 6.92 Å². The van der Waals surface area contributed by atoms with E-state index < -0.39 is 0 Å². The van der Waals surface area contributed by atoms with E-state index in [1.54, 1.807) is 7.11 Å². The highest BCUT2D eigenvalue weighted by Gasteiger charge is 2.29. The number of rotatable bonds is 5. The molecule has 0 unspecified atom stereocenters. The summed E-state index contributed by atoms with van der Waals surface area (Å²) >= 11 is 0. The number of hydrogen-bond donors (Lipinski definition) is 0. The average molecular weight is 385 g/mol. The van der Waals surface area contributed by atoms with E-state index in [1.165, 1.54) is 12.8 Å². The van der Waals surface area contributed by atoms with Gasteiger partial charge in [-0.05, 0) is 32.6 Å². The summed E-state index contributed by atoms with van der Waals surface area (Å²) in [5.41, 5.74) is 2.75. The Labute approximate surface area is 164 Å². The first-order valence-corrected chi connectivity index (χ1v) is 9.98. The Hall–Kier alpha value is -2.48. The number of nitrogens with zero attached hydrogens (tertiary/aromatic N) is 5. The lowest BCUT2D eigenvalue weighted by molar-refractivity contribution is -0.136. The van der Waals surface area contributed by atoms with Gasteiger partial charge in [0.25, 0.3) is 0 Å². The third kappa shape index (κ3) is 3.87. The molecule has 2 fully saturated rings. The summed E-state index contributed by atoms with van der Waals surface area (Å²) in [6.07, 6.45) is 5.97. The first kappa shape index (κ1) is 18.9. The number of methoxy groups -OCH3 is 1. The molecule has 0 saturated carbocycles. The maximum atomic E-state index is 12.1. The standard InChI is InChI=1S/C20H27N5O3/c1-14-11-17(28-23-14)16-12-21-20(25-7-3-4-8-25)22-19(16)15-5-9-24(10-6-15)18(26)13-27-2/h11-12,15H,3-10,13H2,1-2H3. The zero-order valence-corrected chi connectivity index (χ0v) is 16.6. The summed E-state index contributed by atoms with van der Waals surface area (Å²) in [7, 11) is 1.55. The van der Waals surface area contributed by atoms with Gasteiger partial charge in [-0.15, -0.1) is 0 Å². The van der Waals surface area contributed by atoms with Gasteiger partial charge < -0.3 is 19.1 Å². The van der Waals surface area contributed by atoms with E-state index in [0.29, 0.717) is 18.8 Å². The van der Waals surface area contributed by atoms with Crippen molar-refractivity contribution in [2.24, 2.45) is 0 Å². The highest BCUT2D eigenvalue weighted by molar-refractivity contribution is 5.77. The molecule has 8 nitrogen and oxygen atoms in total. The van der Waals surface area contributed by atoms with E-state index in [1.807, 2.05) is 24.1 Å². The first-order valence-electron chi connectivity index (χ1n) is 9.98. The summed E-state index contributed by atoms with van der Waals surface area (Å²) in [4.78, 5) is 25.8. The molecule has 2 aliphatic rings. The third-order valence-corrected chi connectivity index (χ3v) is 5.59. The van der Waals surface area contributed by atoms with Gasteiger partial charge in [0.05, 0.1) is 17.0 Å². The van der Waals surface area contributed by atoms with Crippen LogP contribution in [0.5, 0.6) is 0 Å². The van der Waals surface area contributed by atoms with Crippen LogP contribution in [0.3, 0.4) is 0 Å². The molecule has 2 aliphatic heterocycles. The van der Waals surface area contributed by atoms with Gasteiger partial charge in [0.1, 0.15) is 6.61 Å². The van der Waals surface area contributed by atoms with Crippen LogP contribution in [0.2, 0.25) is 0 Å². The molecule has 2 aromatic rings. The van der Waals surface area contributed by atoms with Crippen molar-refractivity contribution in [3.8, 4) is 11.3 Å². The minimum atomic E-state index is 0.0486. The maximum Gasteiger partial charge on any atom is 0.248 e. The molecule has 28 heavy (non-hydrogen) atoms. The highest BCUT2D eigenvalue weighted by Crippen LogP contribution is 2.35. The third-order valence-electron chi connectivity index (χ3n) is 5.59. The van der Waals surface area contributed by atoms with E-state index >= 15 is 0 Å². The topological polar surface area (TPSA) is 84.6 Å². The van der Waals surface area contributed by atoms with Crippen molar-refractivity contribution in [3.05, 3.63) is 23.7 Å². The zero-order chi connectivity index (χ0) is 19.5. The second-order valence-electron chi connectivity index (χ2n) is 7.58. The fourth-order valence-electron chi connectivity index (χ4n) is 4.06. The van der Waals surface area contributed by atoms with Crippen molar-refractivity contribution in [2.45, 2.75) is 38.5 Å². The van der Waals surface area contributed by atoms with Crippen LogP contribution in [0.15, 0.2) is 16.8 Å². The number of amides is 1. The summed E-state index contributed by atoms with van der Waals surface area (Å²) < 4.78 is 10.5. The predicted octanol–water partition coefficient (Wildman–Crippen LogP) is 2.39. The van der Waals surface area contributed by atoms with Gasteiger partial charge in [-0.3, -0.25) is 4.79 Å². The van der Waals surface area contributed by atoms with E-state index in [9.17, 15) is 4.79 Å². The van der Waals surface area contributed by atoms with E-state index in [4.69, 9.17) is 14.2 Å². The molecule has 0 aromatic carbocycles. The van der Waals surface area contributed by atoms with E-state index in [2.05, 4.69) is 15.0 Å². The SMILES string of the molecule is COCC(=O)N1CCC(c2nc(N3CCCC3)ncc2-c2cc(C)no2)CC1. The van der Waals surface area contributed by atoms with Gasteiger partial charge >= 0.3 is 0 Å². The summed E-state index contributed by atoms with van der Waals surface area (Å²) in [6, 6.07) is 1.93. The number of ether oxygens (including phenoxy) is 1. The van der Waals surface area contributed by atoms with Gasteiger partial charge in [0, 0.05) is 51.5 Å². The molecule has 0 bridgehead atoms. The molecule has 8 heteroatoms. The lowest BCUT2D eigenvalue weighted by Crippen LogP contribution is -2.40. The molecule has 0 atom stereocenters. The normalized spacial score (nSPS) is 18.1. The van der Waals surface area contributed by atoms with Gasteiger partial charge in [-0.1, -0.05) is 5.16 Å². The van der Waals surface area contributed by atoms with Gasteiger partial charge in [-0.2, -0.15) is 0 Å². The smallest absolute Gasteiger partial charge is 0.248 e. The fourth-order valence-corrected chi connectivity index (χ4v) is 4.06. The van der Waals surface area contributed by atoms with Crippen LogP contribution in [-0.2, 0) is 9.53 Å². The highest BCUT2D eigenvalue weighted by atomic mass is 16.5. The minimum absolute atomic E-state index is 0.0486. The molecule has 4 heterocycles. The maximum absolute atomic E-state index is 12.1. The van der Waals surface area contributed by atoms with Crippen LogP contribution in [-0.4, -0.2) is 65.8 Å². The van der Waals surface area contributed by atoms with Gasteiger partial charge in [0.15, 0.2) is 5.76 Å². The molecular formula is C20H27N5O3. The summed E-state index contributed by atoms with van der Waals surface area (Å²) in [5, 5.41) is 4.03. The number of likely N-dealkylation sites (tertiary alicyclic amines) is 1. The number of anilines is 1. The summed E-state index contributed by atoms with van der Waals surface area (Å²) in [5.74, 6) is 1.81. The second kappa shape index (κ2) is 8.26. The van der Waals surface area contributed by atoms with Crippen molar-refractivity contribution in [2.75, 3.05) is 44.8 Å².